The highest BCUT2D eigenvalue weighted by Gasteiger charge is 2.21. The third-order valence-electron chi connectivity index (χ3n) is 5.03. The van der Waals surface area contributed by atoms with Gasteiger partial charge in [0, 0.05) is 35.1 Å². The zero-order valence-corrected chi connectivity index (χ0v) is 17.5. The topological polar surface area (TPSA) is 70.4 Å². The first-order valence-electron chi connectivity index (χ1n) is 9.57. The summed E-state index contributed by atoms with van der Waals surface area (Å²) >= 11 is 0. The van der Waals surface area contributed by atoms with Gasteiger partial charge in [0.1, 0.15) is 0 Å². The van der Waals surface area contributed by atoms with E-state index in [9.17, 15) is 9.59 Å². The van der Waals surface area contributed by atoms with Crippen LogP contribution in [0.25, 0.3) is 10.9 Å². The van der Waals surface area contributed by atoms with Crippen molar-refractivity contribution >= 4 is 22.7 Å². The molecule has 0 unspecified atom stereocenters. The van der Waals surface area contributed by atoms with E-state index < -0.39 is 5.97 Å². The fourth-order valence-corrected chi connectivity index (χ4v) is 3.82. The van der Waals surface area contributed by atoms with E-state index in [1.165, 1.54) is 0 Å². The van der Waals surface area contributed by atoms with Crippen LogP contribution < -0.4 is 0 Å². The maximum atomic E-state index is 12.7. The Kier molecular flexibility index (Phi) is 6.13. The molecule has 0 bridgehead atoms. The van der Waals surface area contributed by atoms with E-state index >= 15 is 0 Å². The lowest BCUT2D eigenvalue weighted by molar-refractivity contribution is 0.0476. The highest BCUT2D eigenvalue weighted by Crippen LogP contribution is 2.22. The van der Waals surface area contributed by atoms with Crippen LogP contribution in [0.4, 0.5) is 0 Å². The smallest absolute Gasteiger partial charge is 0.339 e. The Balaban J connectivity index is 1.78. The molecule has 152 valence electrons. The number of esters is 1. The number of ketones is 1. The summed E-state index contributed by atoms with van der Waals surface area (Å²) in [5, 5.41) is 0.710. The second-order valence-electron chi connectivity index (χ2n) is 7.29. The van der Waals surface area contributed by atoms with Gasteiger partial charge in [-0.15, -0.1) is 0 Å². The Bertz CT molecular complexity index is 1070. The predicted octanol–water partition coefficient (Wildman–Crippen LogP) is 4.21. The summed E-state index contributed by atoms with van der Waals surface area (Å²) in [6.45, 7) is 7.95. The maximum absolute atomic E-state index is 12.7. The van der Waals surface area contributed by atoms with Gasteiger partial charge in [-0.1, -0.05) is 18.2 Å². The van der Waals surface area contributed by atoms with Crippen LogP contribution in [0.5, 0.6) is 0 Å². The van der Waals surface area contributed by atoms with E-state index in [1.54, 1.807) is 13.2 Å². The number of hydrogen-bond acceptors (Lipinski definition) is 5. The maximum Gasteiger partial charge on any atom is 0.339 e. The van der Waals surface area contributed by atoms with Crippen LogP contribution in [-0.4, -0.2) is 41.6 Å². The van der Waals surface area contributed by atoms with Crippen molar-refractivity contribution in [2.45, 2.75) is 33.7 Å². The molecule has 0 aliphatic rings. The van der Waals surface area contributed by atoms with Crippen molar-refractivity contribution in [2.24, 2.45) is 0 Å². The first-order chi connectivity index (χ1) is 13.8. The van der Waals surface area contributed by atoms with Crippen LogP contribution >= 0.6 is 0 Å². The first kappa shape index (κ1) is 20.7. The number of para-hydroxylation sites is 1. The van der Waals surface area contributed by atoms with E-state index in [1.807, 2.05) is 58.0 Å². The number of Topliss-reactive ketones (excluding diaryl/α,β-unsaturated/α-hetero) is 1. The highest BCUT2D eigenvalue weighted by atomic mass is 16.5. The molecule has 3 aromatic rings. The third kappa shape index (κ3) is 4.22. The molecule has 3 rings (SSSR count). The van der Waals surface area contributed by atoms with E-state index in [-0.39, 0.29) is 18.4 Å². The number of rotatable bonds is 7. The van der Waals surface area contributed by atoms with E-state index in [4.69, 9.17) is 9.47 Å². The average Bonchev–Trinajstić information content (AvgIpc) is 2.99. The standard InChI is InChI=1S/C23H26N2O4/c1-14-10-20(18-8-6-7-9-21(18)24-14)23(27)29-13-22(26)19-11-15(2)25(17(19)4)16(3)12-28-5/h6-11,16H,12-13H2,1-5H3/t16-/m1/s1. The number of fused-ring (bicyclic) bond motifs is 1. The molecular weight excluding hydrogens is 368 g/mol. The monoisotopic (exact) mass is 394 g/mol. The molecular formula is C23H26N2O4. The van der Waals surface area contributed by atoms with Gasteiger partial charge in [0.2, 0.25) is 5.78 Å². The molecule has 0 amide bonds. The van der Waals surface area contributed by atoms with Crippen LogP contribution in [0, 0.1) is 20.8 Å². The Morgan fingerprint density at radius 2 is 1.83 bits per heavy atom. The zero-order valence-electron chi connectivity index (χ0n) is 17.5. The number of hydrogen-bond donors (Lipinski definition) is 0. The fraction of sp³-hybridized carbons (Fsp3) is 0.348. The minimum Gasteiger partial charge on any atom is -0.454 e. The van der Waals surface area contributed by atoms with Crippen molar-refractivity contribution in [3.8, 4) is 0 Å². The minimum atomic E-state index is -0.526. The zero-order chi connectivity index (χ0) is 21.1. The van der Waals surface area contributed by atoms with Crippen molar-refractivity contribution in [3.05, 3.63) is 64.6 Å². The molecule has 2 aromatic heterocycles. The van der Waals surface area contributed by atoms with E-state index in [0.717, 1.165) is 22.6 Å². The molecule has 2 heterocycles. The Morgan fingerprint density at radius 3 is 2.55 bits per heavy atom. The summed E-state index contributed by atoms with van der Waals surface area (Å²) in [6.07, 6.45) is 0. The number of benzene rings is 1. The number of methoxy groups -OCH3 is 1. The minimum absolute atomic E-state index is 0.107. The lowest BCUT2D eigenvalue weighted by Gasteiger charge is -2.17. The van der Waals surface area contributed by atoms with Gasteiger partial charge in [-0.25, -0.2) is 4.79 Å². The van der Waals surface area contributed by atoms with Crippen LogP contribution in [-0.2, 0) is 9.47 Å². The van der Waals surface area contributed by atoms with Crippen LogP contribution in [0.15, 0.2) is 36.4 Å². The molecule has 0 spiro atoms. The molecule has 0 aliphatic carbocycles. The summed E-state index contributed by atoms with van der Waals surface area (Å²) in [5.41, 5.74) is 4.24. The van der Waals surface area contributed by atoms with Gasteiger partial charge in [-0.2, -0.15) is 0 Å². The van der Waals surface area contributed by atoms with E-state index in [0.29, 0.717) is 23.1 Å². The van der Waals surface area contributed by atoms with Crippen molar-refractivity contribution in [3.63, 3.8) is 0 Å². The van der Waals surface area contributed by atoms with Crippen LogP contribution in [0.1, 0.15) is 50.8 Å². The molecule has 1 atom stereocenters. The van der Waals surface area contributed by atoms with Gasteiger partial charge in [0.25, 0.3) is 0 Å². The lowest BCUT2D eigenvalue weighted by atomic mass is 10.1. The van der Waals surface area contributed by atoms with Gasteiger partial charge >= 0.3 is 5.97 Å². The number of ether oxygens (including phenoxy) is 2. The van der Waals surface area contributed by atoms with Crippen molar-refractivity contribution < 1.29 is 19.1 Å². The number of aryl methyl sites for hydroxylation is 2. The highest BCUT2D eigenvalue weighted by molar-refractivity contribution is 6.05. The quantitative estimate of drug-likeness (QED) is 0.443. The second-order valence-corrected chi connectivity index (χ2v) is 7.29. The Labute approximate surface area is 170 Å². The molecule has 1 aromatic carbocycles. The SMILES string of the molecule is COC[C@@H](C)n1c(C)cc(C(=O)COC(=O)c2cc(C)nc3ccccc23)c1C. The van der Waals surface area contributed by atoms with E-state index in [2.05, 4.69) is 9.55 Å². The molecule has 0 N–H and O–H groups in total. The molecule has 0 radical (unpaired) electrons. The largest absolute Gasteiger partial charge is 0.454 e. The number of aromatic nitrogens is 2. The van der Waals surface area contributed by atoms with Gasteiger partial charge < -0.3 is 14.0 Å². The average molecular weight is 394 g/mol. The van der Waals surface area contributed by atoms with Gasteiger partial charge in [0.15, 0.2) is 6.61 Å². The van der Waals surface area contributed by atoms with Crippen molar-refractivity contribution in [1.29, 1.82) is 0 Å². The summed E-state index contributed by atoms with van der Waals surface area (Å²) in [5.74, 6) is -0.751. The number of nitrogens with zero attached hydrogens (tertiary/aromatic N) is 2. The first-order valence-corrected chi connectivity index (χ1v) is 9.57. The molecule has 6 heteroatoms. The summed E-state index contributed by atoms with van der Waals surface area (Å²) < 4.78 is 12.7. The number of pyridine rings is 1. The normalized spacial score (nSPS) is 12.2. The van der Waals surface area contributed by atoms with Crippen LogP contribution in [0.2, 0.25) is 0 Å². The Morgan fingerprint density at radius 1 is 1.10 bits per heavy atom. The number of carbonyl (C=O) groups excluding carboxylic acids is 2. The molecule has 0 saturated carbocycles. The van der Waals surface area contributed by atoms with Gasteiger partial charge in [-0.3, -0.25) is 9.78 Å². The molecule has 0 fully saturated rings. The molecule has 6 nitrogen and oxygen atoms in total. The number of carbonyl (C=O) groups is 2. The molecule has 0 saturated heterocycles. The summed E-state index contributed by atoms with van der Waals surface area (Å²) in [7, 11) is 1.65. The summed E-state index contributed by atoms with van der Waals surface area (Å²) in [4.78, 5) is 29.8. The summed E-state index contributed by atoms with van der Waals surface area (Å²) in [6, 6.07) is 11.0. The second kappa shape index (κ2) is 8.57. The van der Waals surface area contributed by atoms with Crippen molar-refractivity contribution in [2.75, 3.05) is 20.3 Å². The van der Waals surface area contributed by atoms with Crippen LogP contribution in [0.3, 0.4) is 0 Å². The van der Waals surface area contributed by atoms with Crippen molar-refractivity contribution in [1.82, 2.24) is 9.55 Å². The molecule has 29 heavy (non-hydrogen) atoms. The van der Waals surface area contributed by atoms with Gasteiger partial charge in [-0.05, 0) is 45.9 Å². The predicted molar refractivity (Wildman–Crippen MR) is 112 cm³/mol. The Hall–Kier alpha value is -2.99. The van der Waals surface area contributed by atoms with Gasteiger partial charge in [0.05, 0.1) is 23.7 Å². The fourth-order valence-electron chi connectivity index (χ4n) is 3.82. The third-order valence-corrected chi connectivity index (χ3v) is 5.03. The lowest BCUT2D eigenvalue weighted by Crippen LogP contribution is -2.17. The molecule has 0 aliphatic heterocycles.